The minimum Gasteiger partial charge on any atom is -0.342 e. The van der Waals surface area contributed by atoms with E-state index in [0.29, 0.717) is 6.42 Å². The minimum absolute atomic E-state index is 0.00304. The molecule has 26 heavy (non-hydrogen) atoms. The minimum atomic E-state index is -1.10. The van der Waals surface area contributed by atoms with E-state index in [1.165, 1.54) is 6.92 Å². The van der Waals surface area contributed by atoms with Gasteiger partial charge < -0.3 is 21.7 Å². The summed E-state index contributed by atoms with van der Waals surface area (Å²) in [6.45, 7) is 4.51. The van der Waals surface area contributed by atoms with Crippen molar-refractivity contribution < 1.29 is 14.4 Å². The quantitative estimate of drug-likeness (QED) is 0.537. The molecule has 3 amide bonds. The molecule has 2 aromatic rings. The first-order valence-corrected chi connectivity index (χ1v) is 9.13. The molecule has 2 rings (SSSR count). The predicted molar refractivity (Wildman–Crippen MR) is 103 cm³/mol. The molecule has 0 saturated carbocycles. The summed E-state index contributed by atoms with van der Waals surface area (Å²) >= 11 is 1.59. The van der Waals surface area contributed by atoms with Gasteiger partial charge in [0, 0.05) is 18.0 Å². The van der Waals surface area contributed by atoms with Crippen LogP contribution in [-0.4, -0.2) is 36.0 Å². The summed E-state index contributed by atoms with van der Waals surface area (Å²) in [7, 11) is 0. The van der Waals surface area contributed by atoms with Crippen LogP contribution < -0.4 is 21.7 Å². The van der Waals surface area contributed by atoms with E-state index < -0.39 is 17.5 Å². The highest BCUT2D eigenvalue weighted by molar-refractivity contribution is 7.17. The van der Waals surface area contributed by atoms with Crippen LogP contribution in [0.2, 0.25) is 0 Å². The molecule has 0 bridgehead atoms. The van der Waals surface area contributed by atoms with Gasteiger partial charge in [-0.05, 0) is 36.2 Å². The summed E-state index contributed by atoms with van der Waals surface area (Å²) < 4.78 is 1.12. The van der Waals surface area contributed by atoms with Crippen molar-refractivity contribution in [1.82, 2.24) is 16.0 Å². The molecule has 0 aliphatic rings. The standard InChI is InChI=1S/C18H24N4O3S/c1-11(23)20-10-21-16(24)14(22-17(25)18(2,3)19)8-12-9-26-15-7-5-4-6-13(12)15/h4-7,9,14H,8,10,19H2,1-3H3,(H,20,23)(H,21,24)(H,22,25)/t14-/m1/s1. The average Bonchev–Trinajstić information content (AvgIpc) is 2.96. The summed E-state index contributed by atoms with van der Waals surface area (Å²) in [4.78, 5) is 35.8. The third kappa shape index (κ3) is 5.27. The van der Waals surface area contributed by atoms with Crippen molar-refractivity contribution in [2.75, 3.05) is 6.67 Å². The van der Waals surface area contributed by atoms with Gasteiger partial charge in [0.1, 0.15) is 6.04 Å². The van der Waals surface area contributed by atoms with Crippen molar-refractivity contribution in [3.63, 3.8) is 0 Å². The third-order valence-corrected chi connectivity index (χ3v) is 4.80. The highest BCUT2D eigenvalue weighted by Gasteiger charge is 2.28. The first kappa shape index (κ1) is 19.9. The van der Waals surface area contributed by atoms with Gasteiger partial charge in [0.25, 0.3) is 0 Å². The number of thiophene rings is 1. The third-order valence-electron chi connectivity index (χ3n) is 3.79. The Kier molecular flexibility index (Phi) is 6.33. The second-order valence-electron chi connectivity index (χ2n) is 6.66. The van der Waals surface area contributed by atoms with Crippen molar-refractivity contribution in [3.8, 4) is 0 Å². The summed E-state index contributed by atoms with van der Waals surface area (Å²) in [6, 6.07) is 7.10. The fraction of sp³-hybridized carbons (Fsp3) is 0.389. The Morgan fingerprint density at radius 2 is 1.88 bits per heavy atom. The summed E-state index contributed by atoms with van der Waals surface area (Å²) in [6.07, 6.45) is 0.331. The number of nitrogens with two attached hydrogens (primary N) is 1. The maximum atomic E-state index is 12.5. The molecule has 0 fully saturated rings. The van der Waals surface area contributed by atoms with Crippen LogP contribution in [0.1, 0.15) is 26.3 Å². The smallest absolute Gasteiger partial charge is 0.244 e. The SMILES string of the molecule is CC(=O)NCNC(=O)[C@@H](Cc1csc2ccccc12)NC(=O)C(C)(C)N. The van der Waals surface area contributed by atoms with Gasteiger partial charge in [0.15, 0.2) is 0 Å². The molecular weight excluding hydrogens is 352 g/mol. The van der Waals surface area contributed by atoms with Gasteiger partial charge >= 0.3 is 0 Å². The zero-order chi connectivity index (χ0) is 19.3. The van der Waals surface area contributed by atoms with Crippen LogP contribution in [0, 0.1) is 0 Å². The van der Waals surface area contributed by atoms with Crippen LogP contribution in [0.3, 0.4) is 0 Å². The van der Waals surface area contributed by atoms with Crippen molar-refractivity contribution in [2.24, 2.45) is 5.73 Å². The maximum Gasteiger partial charge on any atom is 0.244 e. The van der Waals surface area contributed by atoms with Crippen molar-refractivity contribution in [1.29, 1.82) is 0 Å². The van der Waals surface area contributed by atoms with E-state index in [4.69, 9.17) is 5.73 Å². The molecule has 1 atom stereocenters. The molecule has 5 N–H and O–H groups in total. The molecule has 1 aromatic carbocycles. The molecule has 0 unspecified atom stereocenters. The Morgan fingerprint density at radius 3 is 2.54 bits per heavy atom. The molecule has 0 aliphatic carbocycles. The first-order chi connectivity index (χ1) is 12.2. The number of amides is 3. The molecule has 1 aromatic heterocycles. The molecule has 0 aliphatic heterocycles. The number of hydrogen-bond acceptors (Lipinski definition) is 5. The van der Waals surface area contributed by atoms with Crippen LogP contribution in [0.5, 0.6) is 0 Å². The summed E-state index contributed by atoms with van der Waals surface area (Å²) in [5, 5.41) is 10.9. The van der Waals surface area contributed by atoms with Gasteiger partial charge in [-0.3, -0.25) is 14.4 Å². The second kappa shape index (κ2) is 8.29. The van der Waals surface area contributed by atoms with E-state index in [2.05, 4.69) is 16.0 Å². The number of hydrogen-bond donors (Lipinski definition) is 4. The molecule has 0 radical (unpaired) electrons. The lowest BCUT2D eigenvalue weighted by atomic mass is 10.0. The number of benzene rings is 1. The Bertz CT molecular complexity index is 810. The van der Waals surface area contributed by atoms with E-state index >= 15 is 0 Å². The monoisotopic (exact) mass is 376 g/mol. The number of rotatable bonds is 7. The molecule has 8 heteroatoms. The second-order valence-corrected chi connectivity index (χ2v) is 7.57. The lowest BCUT2D eigenvalue weighted by Gasteiger charge is -2.24. The van der Waals surface area contributed by atoms with E-state index in [1.807, 2.05) is 29.6 Å². The lowest BCUT2D eigenvalue weighted by molar-refractivity contribution is -0.131. The van der Waals surface area contributed by atoms with E-state index in [1.54, 1.807) is 25.2 Å². The number of nitrogens with one attached hydrogen (secondary N) is 3. The maximum absolute atomic E-state index is 12.5. The van der Waals surface area contributed by atoms with E-state index in [9.17, 15) is 14.4 Å². The van der Waals surface area contributed by atoms with Crippen LogP contribution >= 0.6 is 11.3 Å². The number of carbonyl (C=O) groups excluding carboxylic acids is 3. The summed E-state index contributed by atoms with van der Waals surface area (Å²) in [5.74, 6) is -1.05. The van der Waals surface area contributed by atoms with Crippen molar-refractivity contribution >= 4 is 39.1 Å². The van der Waals surface area contributed by atoms with E-state index in [-0.39, 0.29) is 18.5 Å². The highest BCUT2D eigenvalue weighted by atomic mass is 32.1. The highest BCUT2D eigenvalue weighted by Crippen LogP contribution is 2.26. The predicted octanol–water partition coefficient (Wildman–Crippen LogP) is 0.876. The lowest BCUT2D eigenvalue weighted by Crippen LogP contribution is -2.57. The van der Waals surface area contributed by atoms with Gasteiger partial charge in [0.05, 0.1) is 12.2 Å². The topological polar surface area (TPSA) is 113 Å². The van der Waals surface area contributed by atoms with Gasteiger partial charge in [-0.2, -0.15) is 0 Å². The fourth-order valence-electron chi connectivity index (χ4n) is 2.34. The summed E-state index contributed by atoms with van der Waals surface area (Å²) in [5.41, 5.74) is 5.70. The van der Waals surface area contributed by atoms with Crippen LogP contribution in [0.15, 0.2) is 29.6 Å². The number of fused-ring (bicyclic) bond motifs is 1. The zero-order valence-corrected chi connectivity index (χ0v) is 15.9. The Hall–Kier alpha value is -2.45. The van der Waals surface area contributed by atoms with Gasteiger partial charge in [-0.1, -0.05) is 18.2 Å². The fourth-order valence-corrected chi connectivity index (χ4v) is 3.32. The zero-order valence-electron chi connectivity index (χ0n) is 15.1. The van der Waals surface area contributed by atoms with Crippen molar-refractivity contribution in [2.45, 2.75) is 38.8 Å². The normalized spacial score (nSPS) is 12.5. The van der Waals surface area contributed by atoms with Crippen LogP contribution in [0.25, 0.3) is 10.1 Å². The largest absolute Gasteiger partial charge is 0.342 e. The molecular formula is C18H24N4O3S. The Balaban J connectivity index is 2.17. The molecule has 1 heterocycles. The molecule has 7 nitrogen and oxygen atoms in total. The van der Waals surface area contributed by atoms with Crippen LogP contribution in [0.4, 0.5) is 0 Å². The van der Waals surface area contributed by atoms with Crippen LogP contribution in [-0.2, 0) is 20.8 Å². The molecule has 0 spiro atoms. The Morgan fingerprint density at radius 1 is 1.19 bits per heavy atom. The van der Waals surface area contributed by atoms with Crippen molar-refractivity contribution in [3.05, 3.63) is 35.2 Å². The number of carbonyl (C=O) groups is 3. The van der Waals surface area contributed by atoms with Gasteiger partial charge in [0.2, 0.25) is 17.7 Å². The van der Waals surface area contributed by atoms with E-state index in [0.717, 1.165) is 15.6 Å². The first-order valence-electron chi connectivity index (χ1n) is 8.25. The van der Waals surface area contributed by atoms with Gasteiger partial charge in [-0.15, -0.1) is 11.3 Å². The molecule has 0 saturated heterocycles. The Labute approximate surface area is 156 Å². The van der Waals surface area contributed by atoms with Gasteiger partial charge in [-0.25, -0.2) is 0 Å². The average molecular weight is 376 g/mol. The molecule has 140 valence electrons.